The van der Waals surface area contributed by atoms with Gasteiger partial charge in [-0.2, -0.15) is 13.2 Å². The van der Waals surface area contributed by atoms with Crippen LogP contribution in [0.2, 0.25) is 0 Å². The molecular weight excluding hydrogens is 403 g/mol. The van der Waals surface area contributed by atoms with Crippen LogP contribution in [0.15, 0.2) is 54.2 Å². The number of amides is 2. The molecule has 0 spiro atoms. The summed E-state index contributed by atoms with van der Waals surface area (Å²) >= 11 is 0. The second-order valence-corrected chi connectivity index (χ2v) is 6.04. The number of rotatable bonds is 7. The fourth-order valence-electron chi connectivity index (χ4n) is 2.39. The van der Waals surface area contributed by atoms with Crippen molar-refractivity contribution >= 4 is 17.5 Å². The van der Waals surface area contributed by atoms with Crippen molar-refractivity contribution in [1.82, 2.24) is 10.9 Å². The van der Waals surface area contributed by atoms with E-state index in [9.17, 15) is 22.8 Å². The summed E-state index contributed by atoms with van der Waals surface area (Å²) in [6, 6.07) is 8.83. The SMILES string of the molecule is COc1ccc(C(=O)NNC(C)=CC(=O)Nc2cccc(C(F)(F)F)c2)cc1OC. The molecule has 0 unspecified atom stereocenters. The third-order valence-electron chi connectivity index (χ3n) is 3.82. The average Bonchev–Trinajstić information content (AvgIpc) is 2.70. The van der Waals surface area contributed by atoms with Gasteiger partial charge in [0.15, 0.2) is 11.5 Å². The zero-order valence-corrected chi connectivity index (χ0v) is 16.4. The van der Waals surface area contributed by atoms with Crippen LogP contribution in [-0.4, -0.2) is 26.0 Å². The highest BCUT2D eigenvalue weighted by atomic mass is 19.4. The maximum absolute atomic E-state index is 12.7. The Kier molecular flexibility index (Phi) is 7.29. The molecule has 0 atom stereocenters. The van der Waals surface area contributed by atoms with Gasteiger partial charge in [0, 0.05) is 23.0 Å². The molecule has 2 rings (SSSR count). The van der Waals surface area contributed by atoms with Crippen LogP contribution in [0, 0.1) is 0 Å². The van der Waals surface area contributed by atoms with Gasteiger partial charge in [0.05, 0.1) is 19.8 Å². The fraction of sp³-hybridized carbons (Fsp3) is 0.200. The van der Waals surface area contributed by atoms with Crippen molar-refractivity contribution in [1.29, 1.82) is 0 Å². The predicted molar refractivity (Wildman–Crippen MR) is 104 cm³/mol. The summed E-state index contributed by atoms with van der Waals surface area (Å²) in [5, 5.41) is 2.33. The molecule has 0 heterocycles. The molecule has 0 aliphatic heterocycles. The number of anilines is 1. The Hall–Kier alpha value is -3.69. The Morgan fingerprint density at radius 3 is 2.30 bits per heavy atom. The first-order valence-corrected chi connectivity index (χ1v) is 8.59. The molecule has 0 saturated heterocycles. The number of alkyl halides is 3. The van der Waals surface area contributed by atoms with Gasteiger partial charge in [-0.25, -0.2) is 0 Å². The molecule has 30 heavy (non-hydrogen) atoms. The number of hydrazine groups is 1. The summed E-state index contributed by atoms with van der Waals surface area (Å²) in [4.78, 5) is 24.2. The number of methoxy groups -OCH3 is 2. The van der Waals surface area contributed by atoms with E-state index >= 15 is 0 Å². The summed E-state index contributed by atoms with van der Waals surface area (Å²) in [7, 11) is 2.91. The van der Waals surface area contributed by atoms with Gasteiger partial charge in [-0.1, -0.05) is 6.07 Å². The minimum Gasteiger partial charge on any atom is -0.493 e. The van der Waals surface area contributed by atoms with Crippen LogP contribution in [0.1, 0.15) is 22.8 Å². The van der Waals surface area contributed by atoms with Crippen LogP contribution in [-0.2, 0) is 11.0 Å². The molecule has 2 aromatic carbocycles. The van der Waals surface area contributed by atoms with E-state index in [1.807, 2.05) is 0 Å². The second-order valence-electron chi connectivity index (χ2n) is 6.04. The first-order chi connectivity index (χ1) is 14.1. The van der Waals surface area contributed by atoms with Crippen molar-refractivity contribution in [3.63, 3.8) is 0 Å². The second kappa shape index (κ2) is 9.68. The van der Waals surface area contributed by atoms with E-state index in [-0.39, 0.29) is 16.9 Å². The van der Waals surface area contributed by atoms with E-state index in [2.05, 4.69) is 16.2 Å². The number of ether oxygens (including phenoxy) is 2. The lowest BCUT2D eigenvalue weighted by Gasteiger charge is -2.12. The summed E-state index contributed by atoms with van der Waals surface area (Å²) in [6.45, 7) is 1.50. The quantitative estimate of drug-likeness (QED) is 0.469. The van der Waals surface area contributed by atoms with Crippen LogP contribution >= 0.6 is 0 Å². The molecule has 0 fully saturated rings. The number of nitrogens with one attached hydrogen (secondary N) is 3. The van der Waals surface area contributed by atoms with Gasteiger partial charge in [-0.05, 0) is 43.3 Å². The third kappa shape index (κ3) is 6.16. The number of halogens is 3. The molecule has 160 valence electrons. The number of hydrogen-bond acceptors (Lipinski definition) is 5. The number of carbonyl (C=O) groups is 2. The highest BCUT2D eigenvalue weighted by molar-refractivity contribution is 6.00. The highest BCUT2D eigenvalue weighted by Gasteiger charge is 2.30. The van der Waals surface area contributed by atoms with Crippen LogP contribution in [0.5, 0.6) is 11.5 Å². The molecule has 0 aliphatic rings. The van der Waals surface area contributed by atoms with Gasteiger partial charge < -0.3 is 20.2 Å². The van der Waals surface area contributed by atoms with Crippen molar-refractivity contribution in [3.8, 4) is 11.5 Å². The molecule has 2 aromatic rings. The van der Waals surface area contributed by atoms with E-state index in [1.165, 1.54) is 45.4 Å². The number of carbonyl (C=O) groups excluding carboxylic acids is 2. The van der Waals surface area contributed by atoms with Crippen LogP contribution < -0.4 is 25.6 Å². The molecule has 0 bridgehead atoms. The Labute approximate surface area is 170 Å². The van der Waals surface area contributed by atoms with Crippen molar-refractivity contribution in [2.75, 3.05) is 19.5 Å². The monoisotopic (exact) mass is 423 g/mol. The predicted octanol–water partition coefficient (Wildman–Crippen LogP) is 3.50. The lowest BCUT2D eigenvalue weighted by atomic mass is 10.2. The molecule has 0 radical (unpaired) electrons. The lowest BCUT2D eigenvalue weighted by Crippen LogP contribution is -2.36. The third-order valence-corrected chi connectivity index (χ3v) is 3.82. The van der Waals surface area contributed by atoms with Gasteiger partial charge in [-0.3, -0.25) is 15.0 Å². The van der Waals surface area contributed by atoms with Gasteiger partial charge in [-0.15, -0.1) is 0 Å². The first-order valence-electron chi connectivity index (χ1n) is 8.59. The molecule has 10 heteroatoms. The molecule has 7 nitrogen and oxygen atoms in total. The zero-order valence-electron chi connectivity index (χ0n) is 16.4. The largest absolute Gasteiger partial charge is 0.493 e. The average molecular weight is 423 g/mol. The van der Waals surface area contributed by atoms with Crippen molar-refractivity contribution < 1.29 is 32.2 Å². The van der Waals surface area contributed by atoms with Gasteiger partial charge in [0.25, 0.3) is 5.91 Å². The van der Waals surface area contributed by atoms with Crippen LogP contribution in [0.4, 0.5) is 18.9 Å². The van der Waals surface area contributed by atoms with Crippen LogP contribution in [0.3, 0.4) is 0 Å². The summed E-state index contributed by atoms with van der Waals surface area (Å²) < 4.78 is 48.4. The Balaban J connectivity index is 1.96. The zero-order chi connectivity index (χ0) is 22.3. The molecule has 3 N–H and O–H groups in total. The van der Waals surface area contributed by atoms with E-state index in [0.29, 0.717) is 11.5 Å². The molecule has 0 aromatic heterocycles. The Bertz CT molecular complexity index is 959. The lowest BCUT2D eigenvalue weighted by molar-refractivity contribution is -0.137. The minimum atomic E-state index is -4.51. The maximum Gasteiger partial charge on any atom is 0.416 e. The molecule has 0 aliphatic carbocycles. The standard InChI is InChI=1S/C20H20F3N3O4/c1-12(9-18(27)24-15-6-4-5-14(11-15)20(21,22)23)25-26-19(28)13-7-8-16(29-2)17(10-13)30-3/h4-11,25H,1-3H3,(H,24,27)(H,26,28). The van der Waals surface area contributed by atoms with Gasteiger partial charge in [0.2, 0.25) is 5.91 Å². The van der Waals surface area contributed by atoms with E-state index in [1.54, 1.807) is 6.07 Å². The number of hydrogen-bond donors (Lipinski definition) is 3. The van der Waals surface area contributed by atoms with E-state index in [0.717, 1.165) is 18.2 Å². The smallest absolute Gasteiger partial charge is 0.416 e. The van der Waals surface area contributed by atoms with E-state index < -0.39 is 23.6 Å². The molecular formula is C20H20F3N3O4. The van der Waals surface area contributed by atoms with Gasteiger partial charge >= 0.3 is 6.18 Å². The Morgan fingerprint density at radius 1 is 0.967 bits per heavy atom. The maximum atomic E-state index is 12.7. The minimum absolute atomic E-state index is 0.00626. The van der Waals surface area contributed by atoms with Crippen molar-refractivity contribution in [3.05, 3.63) is 65.4 Å². The van der Waals surface area contributed by atoms with Gasteiger partial charge in [0.1, 0.15) is 0 Å². The Morgan fingerprint density at radius 2 is 1.67 bits per heavy atom. The molecule has 0 saturated carbocycles. The van der Waals surface area contributed by atoms with Crippen molar-refractivity contribution in [2.45, 2.75) is 13.1 Å². The summed E-state index contributed by atoms with van der Waals surface area (Å²) in [5.41, 5.74) is 4.61. The highest BCUT2D eigenvalue weighted by Crippen LogP contribution is 2.30. The fourth-order valence-corrected chi connectivity index (χ4v) is 2.39. The summed E-state index contributed by atoms with van der Waals surface area (Å²) in [5.74, 6) is -0.330. The first kappa shape index (κ1) is 22.6. The van der Waals surface area contributed by atoms with Crippen molar-refractivity contribution in [2.24, 2.45) is 0 Å². The topological polar surface area (TPSA) is 88.7 Å². The summed E-state index contributed by atoms with van der Waals surface area (Å²) in [6.07, 6.45) is -3.42. The number of benzene rings is 2. The van der Waals surface area contributed by atoms with E-state index in [4.69, 9.17) is 9.47 Å². The number of allylic oxidation sites excluding steroid dienone is 1. The molecule has 2 amide bonds. The van der Waals surface area contributed by atoms with Crippen LogP contribution in [0.25, 0.3) is 0 Å². The normalized spacial score (nSPS) is 11.5.